The molecule has 12 nitrogen and oxygen atoms in total. The van der Waals surface area contributed by atoms with Gasteiger partial charge in [0.15, 0.2) is 11.3 Å². The molecule has 0 spiro atoms. The van der Waals surface area contributed by atoms with Crippen molar-refractivity contribution in [3.05, 3.63) is 95.6 Å². The van der Waals surface area contributed by atoms with Crippen LogP contribution in [0.5, 0.6) is 0 Å². The van der Waals surface area contributed by atoms with Crippen molar-refractivity contribution in [3.8, 4) is 0 Å². The van der Waals surface area contributed by atoms with E-state index in [1.807, 2.05) is 16.4 Å². The van der Waals surface area contributed by atoms with Crippen molar-refractivity contribution in [1.82, 2.24) is 30.0 Å². The number of unbranched alkanes of at least 4 members (excludes halogenated alkanes) is 1. The van der Waals surface area contributed by atoms with Gasteiger partial charge in [0.05, 0.1) is 42.2 Å². The van der Waals surface area contributed by atoms with E-state index in [1.165, 1.54) is 27.7 Å². The van der Waals surface area contributed by atoms with Crippen LogP contribution in [0.15, 0.2) is 84.5 Å². The Bertz CT molecular complexity index is 2200. The molecule has 1 aliphatic heterocycles. The maximum absolute atomic E-state index is 12.4. The van der Waals surface area contributed by atoms with Gasteiger partial charge in [-0.2, -0.15) is 10.1 Å². The van der Waals surface area contributed by atoms with E-state index in [0.29, 0.717) is 42.6 Å². The monoisotopic (exact) mass is 806 g/mol. The number of nitrogens with zero attached hydrogens (tertiary/aromatic N) is 6. The molecule has 0 radical (unpaired) electrons. The first-order valence-corrected chi connectivity index (χ1v) is 22.7. The number of benzene rings is 3. The fraction of sp³-hybridized carbons (Fsp3) is 0.419. The van der Waals surface area contributed by atoms with Crippen LogP contribution in [-0.2, 0) is 27.0 Å². The van der Waals surface area contributed by atoms with Gasteiger partial charge in [-0.05, 0) is 40.2 Å². The lowest BCUT2D eigenvalue weighted by atomic mass is 10.1. The van der Waals surface area contributed by atoms with Crippen LogP contribution >= 0.6 is 11.3 Å². The molecule has 3 aromatic heterocycles. The number of anilines is 2. The summed E-state index contributed by atoms with van der Waals surface area (Å²) in [4.78, 5) is 29.1. The number of hydrogen-bond acceptors (Lipinski definition) is 11. The lowest BCUT2D eigenvalue weighted by molar-refractivity contribution is 0.0776. The summed E-state index contributed by atoms with van der Waals surface area (Å²) >= 11 is 1.67. The van der Waals surface area contributed by atoms with Gasteiger partial charge in [-0.15, -0.1) is 11.3 Å². The Kier molecular flexibility index (Phi) is 12.9. The van der Waals surface area contributed by atoms with E-state index in [0.717, 1.165) is 63.1 Å². The molecule has 0 bridgehead atoms. The van der Waals surface area contributed by atoms with Gasteiger partial charge in [-0.25, -0.2) is 14.8 Å². The average molecular weight is 807 g/mol. The summed E-state index contributed by atoms with van der Waals surface area (Å²) in [6.07, 6.45) is 5.26. The SMILES string of the molecule is CCCCN(CCO[Si](c1ccccc1)(c1ccccc1)C(C)(C)C)c1nc(NC(=O)OC)nc2cn(Cc3ccc(CNC4CCOCC4)c4scnc34)nc12. The minimum absolute atomic E-state index is 0.154. The van der Waals surface area contributed by atoms with Gasteiger partial charge in [0.2, 0.25) is 5.95 Å². The first kappa shape index (κ1) is 40.5. The fourth-order valence-corrected chi connectivity index (χ4v) is 13.2. The molecule has 14 heteroatoms. The summed E-state index contributed by atoms with van der Waals surface area (Å²) in [5, 5.41) is 13.8. The second kappa shape index (κ2) is 18.2. The van der Waals surface area contributed by atoms with Crippen molar-refractivity contribution < 1.29 is 18.7 Å². The smallest absolute Gasteiger partial charge is 0.413 e. The zero-order valence-electron chi connectivity index (χ0n) is 33.7. The van der Waals surface area contributed by atoms with Gasteiger partial charge in [-0.1, -0.05) is 107 Å². The standard InChI is InChI=1S/C43H54N8O4SSi/c1-6-7-22-50(23-26-55-57(43(2,3)4,34-14-10-8-11-15-34)35-16-12-9-13-17-35)40-38-36(46-41(47-40)48-42(52)53-5)29-51(49-38)28-32-19-18-31(39-37(32)45-30-56-39)27-44-33-20-24-54-25-21-33/h8-19,29-30,33,44H,6-7,20-28H2,1-5H3,(H,46,48,52). The Morgan fingerprint density at radius 1 is 0.965 bits per heavy atom. The number of hydrogen-bond donors (Lipinski definition) is 2. The van der Waals surface area contributed by atoms with Gasteiger partial charge in [0, 0.05) is 44.5 Å². The molecule has 300 valence electrons. The Balaban J connectivity index is 1.20. The molecule has 1 saturated heterocycles. The fourth-order valence-electron chi connectivity index (χ4n) is 7.84. The topological polar surface area (TPSA) is 129 Å². The van der Waals surface area contributed by atoms with Gasteiger partial charge in [0.1, 0.15) is 5.52 Å². The van der Waals surface area contributed by atoms with E-state index in [1.54, 1.807) is 11.3 Å². The van der Waals surface area contributed by atoms with Crippen LogP contribution < -0.4 is 25.9 Å². The van der Waals surface area contributed by atoms with Gasteiger partial charge in [-0.3, -0.25) is 10.00 Å². The molecule has 0 aliphatic carbocycles. The Morgan fingerprint density at radius 3 is 2.33 bits per heavy atom. The van der Waals surface area contributed by atoms with E-state index in [9.17, 15) is 4.79 Å². The number of carbonyl (C=O) groups is 1. The average Bonchev–Trinajstić information content (AvgIpc) is 3.89. The highest BCUT2D eigenvalue weighted by molar-refractivity contribution is 7.17. The van der Waals surface area contributed by atoms with E-state index < -0.39 is 14.4 Å². The Labute approximate surface area is 340 Å². The second-order valence-electron chi connectivity index (χ2n) is 15.6. The van der Waals surface area contributed by atoms with Gasteiger partial charge < -0.3 is 24.1 Å². The molecule has 1 amide bonds. The molecule has 7 rings (SSSR count). The summed E-state index contributed by atoms with van der Waals surface area (Å²) in [6.45, 7) is 13.7. The van der Waals surface area contributed by atoms with Crippen LogP contribution in [0, 0.1) is 0 Å². The number of ether oxygens (including phenoxy) is 2. The van der Waals surface area contributed by atoms with Crippen LogP contribution in [0.3, 0.4) is 0 Å². The van der Waals surface area contributed by atoms with E-state index in [4.69, 9.17) is 34.0 Å². The number of thiazole rings is 1. The number of aromatic nitrogens is 5. The number of fused-ring (bicyclic) bond motifs is 2. The van der Waals surface area contributed by atoms with Gasteiger partial charge >= 0.3 is 6.09 Å². The number of carbonyl (C=O) groups excluding carboxylic acids is 1. The number of amides is 1. The van der Waals surface area contributed by atoms with E-state index in [2.05, 4.69) is 116 Å². The predicted octanol–water partition coefficient (Wildman–Crippen LogP) is 7.11. The molecule has 6 aromatic rings. The molecule has 57 heavy (non-hydrogen) atoms. The lowest BCUT2D eigenvalue weighted by Gasteiger charge is -2.43. The summed E-state index contributed by atoms with van der Waals surface area (Å²) in [7, 11) is -1.45. The maximum Gasteiger partial charge on any atom is 0.413 e. The van der Waals surface area contributed by atoms with Crippen LogP contribution in [-0.4, -0.2) is 85.2 Å². The van der Waals surface area contributed by atoms with Crippen molar-refractivity contribution >= 4 is 69.1 Å². The number of methoxy groups -OCH3 is 1. The summed E-state index contributed by atoms with van der Waals surface area (Å²) in [5.41, 5.74) is 6.48. The molecular weight excluding hydrogens is 753 g/mol. The lowest BCUT2D eigenvalue weighted by Crippen LogP contribution is -2.67. The van der Waals surface area contributed by atoms with Crippen molar-refractivity contribution in [2.75, 3.05) is 50.2 Å². The first-order chi connectivity index (χ1) is 27.7. The zero-order chi connectivity index (χ0) is 39.8. The van der Waals surface area contributed by atoms with Crippen LogP contribution in [0.4, 0.5) is 16.6 Å². The third-order valence-electron chi connectivity index (χ3n) is 10.8. The molecule has 0 unspecified atom stereocenters. The predicted molar refractivity (Wildman–Crippen MR) is 231 cm³/mol. The highest BCUT2D eigenvalue weighted by Gasteiger charge is 2.50. The molecule has 0 saturated carbocycles. The zero-order valence-corrected chi connectivity index (χ0v) is 35.5. The third kappa shape index (κ3) is 9.05. The minimum Gasteiger partial charge on any atom is -0.453 e. The van der Waals surface area contributed by atoms with Crippen molar-refractivity contribution in [1.29, 1.82) is 0 Å². The number of rotatable bonds is 16. The third-order valence-corrected chi connectivity index (χ3v) is 16.7. The van der Waals surface area contributed by atoms with Crippen LogP contribution in [0.1, 0.15) is 64.5 Å². The van der Waals surface area contributed by atoms with E-state index >= 15 is 0 Å². The van der Waals surface area contributed by atoms with Crippen molar-refractivity contribution in [2.24, 2.45) is 0 Å². The normalized spacial score (nSPS) is 14.0. The summed E-state index contributed by atoms with van der Waals surface area (Å²) in [5.74, 6) is 0.791. The Hall–Kier alpha value is -4.73. The summed E-state index contributed by atoms with van der Waals surface area (Å²) < 4.78 is 20.9. The first-order valence-electron chi connectivity index (χ1n) is 20.0. The number of nitrogens with one attached hydrogen (secondary N) is 2. The minimum atomic E-state index is -2.78. The quantitative estimate of drug-likeness (QED) is 0.0977. The second-order valence-corrected chi connectivity index (χ2v) is 20.7. The van der Waals surface area contributed by atoms with Crippen molar-refractivity contribution in [2.45, 2.75) is 77.5 Å². The maximum atomic E-state index is 12.4. The molecule has 2 N–H and O–H groups in total. The summed E-state index contributed by atoms with van der Waals surface area (Å²) in [6, 6.07) is 26.2. The van der Waals surface area contributed by atoms with Crippen LogP contribution in [0.25, 0.3) is 21.3 Å². The van der Waals surface area contributed by atoms with E-state index in [-0.39, 0.29) is 11.0 Å². The molecule has 1 aliphatic rings. The van der Waals surface area contributed by atoms with Crippen LogP contribution in [0.2, 0.25) is 5.04 Å². The molecule has 3 aromatic carbocycles. The van der Waals surface area contributed by atoms with Gasteiger partial charge in [0.25, 0.3) is 8.32 Å². The molecule has 0 atom stereocenters. The highest BCUT2D eigenvalue weighted by atomic mass is 32.1. The Morgan fingerprint density at radius 2 is 1.67 bits per heavy atom. The molecule has 4 heterocycles. The molecular formula is C43H54N8O4SSi. The van der Waals surface area contributed by atoms with Crippen molar-refractivity contribution in [3.63, 3.8) is 0 Å². The molecule has 1 fully saturated rings. The largest absolute Gasteiger partial charge is 0.453 e. The highest BCUT2D eigenvalue weighted by Crippen LogP contribution is 2.37.